The van der Waals surface area contributed by atoms with Crippen LogP contribution in [0.25, 0.3) is 0 Å². The average Bonchev–Trinajstić information content (AvgIpc) is 2.56. The first kappa shape index (κ1) is 18.6. The molecule has 1 radical (unpaired) electrons. The third-order valence-corrected chi connectivity index (χ3v) is 3.14. The first-order valence-corrected chi connectivity index (χ1v) is 7.15. The van der Waals surface area contributed by atoms with Crippen LogP contribution in [-0.2, 0) is 19.5 Å². The van der Waals surface area contributed by atoms with Crippen LogP contribution in [0.3, 0.4) is 0 Å². The smallest absolute Gasteiger partial charge is 0.326 e. The number of carbonyl (C=O) groups excluding carboxylic acids is 2. The summed E-state index contributed by atoms with van der Waals surface area (Å²) < 4.78 is 0. The molecule has 2 amide bonds. The summed E-state index contributed by atoms with van der Waals surface area (Å²) in [7, 11) is 0. The van der Waals surface area contributed by atoms with Crippen molar-refractivity contribution in [1.82, 2.24) is 10.6 Å². The predicted octanol–water partition coefficient (Wildman–Crippen LogP) is -0.417. The van der Waals surface area contributed by atoms with Gasteiger partial charge in [-0.25, -0.2) is 9.90 Å². The second-order valence-electron chi connectivity index (χ2n) is 4.89. The molecule has 23 heavy (non-hydrogen) atoms. The summed E-state index contributed by atoms with van der Waals surface area (Å²) in [6.07, 6.45) is 0.606. The molecule has 0 aliphatic carbocycles. The Morgan fingerprint density at radius 3 is 2.30 bits per heavy atom. The van der Waals surface area contributed by atoms with Gasteiger partial charge in [0, 0.05) is 0 Å². The van der Waals surface area contributed by atoms with Crippen molar-refractivity contribution in [3.05, 3.63) is 35.9 Å². The lowest BCUT2D eigenvalue weighted by atomic mass is 10.0. The van der Waals surface area contributed by atoms with Crippen LogP contribution in [0.4, 0.5) is 0 Å². The van der Waals surface area contributed by atoms with Gasteiger partial charge in [0.25, 0.3) is 0 Å². The lowest BCUT2D eigenvalue weighted by molar-refractivity contribution is -0.142. The maximum atomic E-state index is 12.4. The van der Waals surface area contributed by atoms with Gasteiger partial charge in [0.05, 0.1) is 0 Å². The van der Waals surface area contributed by atoms with Crippen LogP contribution >= 0.6 is 0 Å². The Labute approximate surface area is 133 Å². The average molecular weight is 322 g/mol. The van der Waals surface area contributed by atoms with Gasteiger partial charge in [0.15, 0.2) is 6.61 Å². The first-order chi connectivity index (χ1) is 11.0. The lowest BCUT2D eigenvalue weighted by Gasteiger charge is -2.21. The van der Waals surface area contributed by atoms with Crippen LogP contribution in [0, 0.1) is 0 Å². The van der Waals surface area contributed by atoms with Crippen LogP contribution in [-0.4, -0.2) is 42.1 Å². The van der Waals surface area contributed by atoms with Crippen LogP contribution in [0.2, 0.25) is 0 Å². The van der Waals surface area contributed by atoms with E-state index in [-0.39, 0.29) is 6.42 Å². The molecular formula is C15H20N3O5. The summed E-state index contributed by atoms with van der Waals surface area (Å²) >= 11 is 0. The summed E-state index contributed by atoms with van der Waals surface area (Å²) in [5, 5.41) is 24.4. The molecule has 1 rings (SSSR count). The number of hydrogen-bond donors (Lipinski definition) is 4. The van der Waals surface area contributed by atoms with Gasteiger partial charge in [-0.1, -0.05) is 30.3 Å². The first-order valence-electron chi connectivity index (χ1n) is 7.15. The number of carbonyl (C=O) groups is 3. The topological polar surface area (TPSA) is 141 Å². The summed E-state index contributed by atoms with van der Waals surface area (Å²) in [5.41, 5.74) is 5.80. The van der Waals surface area contributed by atoms with Gasteiger partial charge in [-0.15, -0.1) is 0 Å². The fraction of sp³-hybridized carbons (Fsp3) is 0.400. The van der Waals surface area contributed by atoms with Crippen LogP contribution < -0.4 is 16.4 Å². The fourth-order valence-electron chi connectivity index (χ4n) is 1.98. The number of hydrogen-bond acceptors (Lipinski definition) is 4. The number of rotatable bonds is 9. The number of carboxylic acid groups (broad SMARTS) is 1. The molecule has 5 N–H and O–H groups in total. The van der Waals surface area contributed by atoms with Crippen molar-refractivity contribution in [2.24, 2.45) is 5.73 Å². The highest BCUT2D eigenvalue weighted by Crippen LogP contribution is 2.13. The molecule has 0 unspecified atom stereocenters. The van der Waals surface area contributed by atoms with Crippen molar-refractivity contribution < 1.29 is 24.6 Å². The van der Waals surface area contributed by atoms with Crippen LogP contribution in [0.5, 0.6) is 0 Å². The molecule has 0 aliphatic heterocycles. The Morgan fingerprint density at radius 2 is 1.78 bits per heavy atom. The molecule has 0 bridgehead atoms. The number of nitrogens with two attached hydrogens (primary N) is 1. The minimum atomic E-state index is -1.19. The van der Waals surface area contributed by atoms with E-state index in [2.05, 4.69) is 10.6 Å². The maximum absolute atomic E-state index is 12.4. The number of nitrogens with one attached hydrogen (secondary N) is 2. The van der Waals surface area contributed by atoms with E-state index < -0.39 is 36.5 Å². The third kappa shape index (κ3) is 6.05. The maximum Gasteiger partial charge on any atom is 0.326 e. The summed E-state index contributed by atoms with van der Waals surface area (Å²) in [6.45, 7) is -0.721. The third-order valence-electron chi connectivity index (χ3n) is 3.14. The molecule has 125 valence electrons. The number of carboxylic acids is 1. The van der Waals surface area contributed by atoms with Gasteiger partial charge < -0.3 is 21.5 Å². The van der Waals surface area contributed by atoms with E-state index >= 15 is 0 Å². The SMILES string of the molecule is NCCC[C@H](NC(=O)[C@H](NC(=O)C[O])c1ccccc1)C(=O)O. The summed E-state index contributed by atoms with van der Waals surface area (Å²) in [6, 6.07) is 6.04. The molecule has 2 atom stereocenters. The molecule has 0 spiro atoms. The minimum absolute atomic E-state index is 0.175. The molecule has 8 heteroatoms. The zero-order valence-electron chi connectivity index (χ0n) is 12.5. The number of benzene rings is 1. The molecule has 8 nitrogen and oxygen atoms in total. The molecular weight excluding hydrogens is 302 g/mol. The minimum Gasteiger partial charge on any atom is -0.480 e. The standard InChI is InChI=1S/C15H20N3O5/c16-8-4-7-11(15(22)23)17-14(21)13(18-12(20)9-19)10-5-2-1-3-6-10/h1-3,5-6,11,13H,4,7-9,16H2,(H,17,21)(H,18,20)(H,22,23)/t11-,13+/m0/s1. The largest absolute Gasteiger partial charge is 0.480 e. The monoisotopic (exact) mass is 322 g/mol. The van der Waals surface area contributed by atoms with Crippen LogP contribution in [0.15, 0.2) is 30.3 Å². The second kappa shape index (κ2) is 9.54. The van der Waals surface area contributed by atoms with Gasteiger partial charge in [0.1, 0.15) is 12.1 Å². The fourth-order valence-corrected chi connectivity index (χ4v) is 1.98. The molecule has 0 aliphatic rings. The van der Waals surface area contributed by atoms with E-state index in [1.165, 1.54) is 0 Å². The van der Waals surface area contributed by atoms with Gasteiger partial charge in [0.2, 0.25) is 11.8 Å². The Hall–Kier alpha value is -2.45. The van der Waals surface area contributed by atoms with Crippen molar-refractivity contribution in [2.75, 3.05) is 13.2 Å². The van der Waals surface area contributed by atoms with E-state index in [9.17, 15) is 19.5 Å². The highest BCUT2D eigenvalue weighted by Gasteiger charge is 2.27. The molecule has 0 heterocycles. The van der Waals surface area contributed by atoms with Gasteiger partial charge in [-0.3, -0.25) is 9.59 Å². The molecule has 1 aromatic carbocycles. The number of aliphatic carboxylic acids is 1. The number of amides is 2. The van der Waals surface area contributed by atoms with Gasteiger partial charge >= 0.3 is 5.97 Å². The van der Waals surface area contributed by atoms with E-state index in [4.69, 9.17) is 10.8 Å². The Bertz CT molecular complexity index is 535. The summed E-state index contributed by atoms with van der Waals surface area (Å²) in [5.74, 6) is -2.72. The van der Waals surface area contributed by atoms with Gasteiger partial charge in [-0.05, 0) is 24.9 Å². The van der Waals surface area contributed by atoms with Crippen molar-refractivity contribution in [3.8, 4) is 0 Å². The van der Waals surface area contributed by atoms with Crippen LogP contribution in [0.1, 0.15) is 24.4 Å². The van der Waals surface area contributed by atoms with Gasteiger partial charge in [-0.2, -0.15) is 0 Å². The van der Waals surface area contributed by atoms with Crippen molar-refractivity contribution in [3.63, 3.8) is 0 Å². The zero-order chi connectivity index (χ0) is 17.2. The summed E-state index contributed by atoms with van der Waals surface area (Å²) in [4.78, 5) is 34.9. The van der Waals surface area contributed by atoms with E-state index in [1.807, 2.05) is 0 Å². The lowest BCUT2D eigenvalue weighted by Crippen LogP contribution is -2.47. The second-order valence-corrected chi connectivity index (χ2v) is 4.89. The highest BCUT2D eigenvalue weighted by molar-refractivity contribution is 5.91. The Kier molecular flexibility index (Phi) is 7.72. The molecule has 0 aromatic heterocycles. The Balaban J connectivity index is 2.90. The molecule has 1 aromatic rings. The van der Waals surface area contributed by atoms with E-state index in [0.29, 0.717) is 18.5 Å². The van der Waals surface area contributed by atoms with E-state index in [1.54, 1.807) is 30.3 Å². The molecule has 0 saturated carbocycles. The quantitative estimate of drug-likeness (QED) is 0.488. The predicted molar refractivity (Wildman–Crippen MR) is 80.7 cm³/mol. The zero-order valence-corrected chi connectivity index (χ0v) is 12.5. The molecule has 0 fully saturated rings. The van der Waals surface area contributed by atoms with Crippen molar-refractivity contribution in [1.29, 1.82) is 0 Å². The molecule has 0 saturated heterocycles. The van der Waals surface area contributed by atoms with Crippen molar-refractivity contribution in [2.45, 2.75) is 24.9 Å². The van der Waals surface area contributed by atoms with Crippen molar-refractivity contribution >= 4 is 17.8 Å². The normalized spacial score (nSPS) is 13.0. The van der Waals surface area contributed by atoms with E-state index in [0.717, 1.165) is 0 Å². The highest BCUT2D eigenvalue weighted by atomic mass is 16.4. The Morgan fingerprint density at radius 1 is 1.13 bits per heavy atom.